The number of hydrogen-bond donors (Lipinski definition) is 1. The predicted octanol–water partition coefficient (Wildman–Crippen LogP) is 2.48. The van der Waals surface area contributed by atoms with Crippen LogP contribution in [0.15, 0.2) is 10.9 Å². The first-order chi connectivity index (χ1) is 6.83. The minimum absolute atomic E-state index is 0.00593. The molecule has 1 N–H and O–H groups in total. The SMILES string of the molecule is Cc1cc(OC(F)(F)F)c(CBr)c(=O)[nH]1. The Labute approximate surface area is 91.4 Å². The first kappa shape index (κ1) is 12.1. The molecular formula is C8H7BrF3NO2. The summed E-state index contributed by atoms with van der Waals surface area (Å²) >= 11 is 2.92. The van der Waals surface area contributed by atoms with Crippen molar-refractivity contribution < 1.29 is 17.9 Å². The Morgan fingerprint density at radius 3 is 2.60 bits per heavy atom. The van der Waals surface area contributed by atoms with Gasteiger partial charge in [0.15, 0.2) is 0 Å². The van der Waals surface area contributed by atoms with E-state index in [1.165, 1.54) is 6.92 Å². The van der Waals surface area contributed by atoms with E-state index in [9.17, 15) is 18.0 Å². The molecule has 0 unspecified atom stereocenters. The number of aryl methyl sites for hydroxylation is 1. The topological polar surface area (TPSA) is 42.1 Å². The number of ether oxygens (including phenoxy) is 1. The maximum atomic E-state index is 12.0. The van der Waals surface area contributed by atoms with E-state index in [1.54, 1.807) is 0 Å². The molecule has 1 rings (SSSR count). The fraction of sp³-hybridized carbons (Fsp3) is 0.375. The summed E-state index contributed by atoms with van der Waals surface area (Å²) in [5.74, 6) is -0.472. The zero-order valence-corrected chi connectivity index (χ0v) is 9.20. The molecule has 0 aromatic carbocycles. The molecule has 3 nitrogen and oxygen atoms in total. The van der Waals surface area contributed by atoms with Crippen molar-refractivity contribution >= 4 is 15.9 Å². The number of aromatic nitrogens is 1. The first-order valence-electron chi connectivity index (χ1n) is 3.88. The lowest BCUT2D eigenvalue weighted by molar-refractivity contribution is -0.274. The molecule has 1 heterocycles. The molecule has 1 aromatic rings. The van der Waals surface area contributed by atoms with Crippen LogP contribution in [-0.4, -0.2) is 11.3 Å². The Hall–Kier alpha value is -0.980. The van der Waals surface area contributed by atoms with E-state index in [4.69, 9.17) is 0 Å². The van der Waals surface area contributed by atoms with Crippen LogP contribution < -0.4 is 10.3 Å². The normalized spacial score (nSPS) is 11.5. The van der Waals surface area contributed by atoms with Crippen LogP contribution in [0.3, 0.4) is 0 Å². The van der Waals surface area contributed by atoms with Gasteiger partial charge in [0, 0.05) is 17.1 Å². The van der Waals surface area contributed by atoms with Crippen LogP contribution >= 0.6 is 15.9 Å². The van der Waals surface area contributed by atoms with Crippen molar-refractivity contribution in [3.63, 3.8) is 0 Å². The van der Waals surface area contributed by atoms with Crippen LogP contribution in [0.2, 0.25) is 0 Å². The molecule has 0 spiro atoms. The summed E-state index contributed by atoms with van der Waals surface area (Å²) in [5.41, 5.74) is -0.368. The molecule has 0 radical (unpaired) electrons. The monoisotopic (exact) mass is 285 g/mol. The van der Waals surface area contributed by atoms with Crippen LogP contribution in [-0.2, 0) is 5.33 Å². The minimum Gasteiger partial charge on any atom is -0.405 e. The molecule has 0 aliphatic carbocycles. The quantitative estimate of drug-likeness (QED) is 0.849. The predicted molar refractivity (Wildman–Crippen MR) is 51.1 cm³/mol. The van der Waals surface area contributed by atoms with Crippen LogP contribution in [0.25, 0.3) is 0 Å². The van der Waals surface area contributed by atoms with Crippen molar-refractivity contribution in [2.45, 2.75) is 18.6 Å². The summed E-state index contributed by atoms with van der Waals surface area (Å²) < 4.78 is 39.6. The van der Waals surface area contributed by atoms with Crippen molar-refractivity contribution in [2.75, 3.05) is 0 Å². The smallest absolute Gasteiger partial charge is 0.405 e. The van der Waals surface area contributed by atoms with Gasteiger partial charge in [-0.15, -0.1) is 13.2 Å². The zero-order chi connectivity index (χ0) is 11.6. The number of alkyl halides is 4. The lowest BCUT2D eigenvalue weighted by Crippen LogP contribution is -2.22. The summed E-state index contributed by atoms with van der Waals surface area (Å²) in [6, 6.07) is 1.13. The van der Waals surface area contributed by atoms with Crippen molar-refractivity contribution in [1.82, 2.24) is 4.98 Å². The third-order valence-electron chi connectivity index (χ3n) is 1.59. The van der Waals surface area contributed by atoms with Gasteiger partial charge in [0.2, 0.25) is 0 Å². The summed E-state index contributed by atoms with van der Waals surface area (Å²) in [7, 11) is 0. The second kappa shape index (κ2) is 4.26. The third kappa shape index (κ3) is 3.26. The fourth-order valence-corrected chi connectivity index (χ4v) is 1.56. The molecule has 0 saturated carbocycles. The molecule has 0 atom stereocenters. The summed E-state index contributed by atoms with van der Waals surface area (Å²) in [6.45, 7) is 1.47. The molecule has 0 aliphatic heterocycles. The van der Waals surface area contributed by atoms with Gasteiger partial charge in [0.05, 0.1) is 5.56 Å². The molecule has 15 heavy (non-hydrogen) atoms. The lowest BCUT2D eigenvalue weighted by Gasteiger charge is -2.11. The van der Waals surface area contributed by atoms with Crippen LogP contribution in [0.4, 0.5) is 13.2 Å². The molecule has 7 heteroatoms. The Morgan fingerprint density at radius 1 is 1.53 bits per heavy atom. The van der Waals surface area contributed by atoms with Crippen molar-refractivity contribution in [3.8, 4) is 5.75 Å². The molecule has 1 aromatic heterocycles. The van der Waals surface area contributed by atoms with E-state index in [-0.39, 0.29) is 10.9 Å². The van der Waals surface area contributed by atoms with E-state index < -0.39 is 17.7 Å². The van der Waals surface area contributed by atoms with E-state index in [2.05, 4.69) is 25.7 Å². The zero-order valence-electron chi connectivity index (χ0n) is 7.61. The van der Waals surface area contributed by atoms with E-state index in [1.807, 2.05) is 0 Å². The van der Waals surface area contributed by atoms with E-state index in [0.29, 0.717) is 5.69 Å². The maximum Gasteiger partial charge on any atom is 0.573 e. The number of aromatic amines is 1. The van der Waals surface area contributed by atoms with Gasteiger partial charge in [-0.1, -0.05) is 15.9 Å². The number of pyridine rings is 1. The lowest BCUT2D eigenvalue weighted by atomic mass is 10.2. The molecular weight excluding hydrogens is 279 g/mol. The summed E-state index contributed by atoms with van der Waals surface area (Å²) in [6.07, 6.45) is -4.79. The highest BCUT2D eigenvalue weighted by Gasteiger charge is 2.32. The fourth-order valence-electron chi connectivity index (χ4n) is 1.03. The van der Waals surface area contributed by atoms with Crippen molar-refractivity contribution in [2.24, 2.45) is 0 Å². The van der Waals surface area contributed by atoms with Crippen LogP contribution in [0.5, 0.6) is 5.75 Å². The van der Waals surface area contributed by atoms with Gasteiger partial charge in [-0.05, 0) is 6.92 Å². The number of nitrogens with one attached hydrogen (secondary N) is 1. The number of halogens is 4. The summed E-state index contributed by atoms with van der Waals surface area (Å²) in [4.78, 5) is 13.6. The highest BCUT2D eigenvalue weighted by atomic mass is 79.9. The first-order valence-corrected chi connectivity index (χ1v) is 5.00. The van der Waals surface area contributed by atoms with Gasteiger partial charge >= 0.3 is 6.36 Å². The van der Waals surface area contributed by atoms with Gasteiger partial charge in [-0.25, -0.2) is 0 Å². The molecule has 0 fully saturated rings. The van der Waals surface area contributed by atoms with Gasteiger partial charge < -0.3 is 9.72 Å². The van der Waals surface area contributed by atoms with Gasteiger partial charge in [0.25, 0.3) is 5.56 Å². The van der Waals surface area contributed by atoms with Gasteiger partial charge in [-0.3, -0.25) is 4.79 Å². The van der Waals surface area contributed by atoms with Crippen LogP contribution in [0, 0.1) is 6.92 Å². The Morgan fingerprint density at radius 2 is 2.13 bits per heavy atom. The number of rotatable bonds is 2. The van der Waals surface area contributed by atoms with Crippen LogP contribution in [0.1, 0.15) is 11.3 Å². The average molecular weight is 286 g/mol. The molecule has 0 bridgehead atoms. The van der Waals surface area contributed by atoms with Crippen molar-refractivity contribution in [3.05, 3.63) is 27.7 Å². The Kier molecular flexibility index (Phi) is 3.43. The minimum atomic E-state index is -4.79. The van der Waals surface area contributed by atoms with Gasteiger partial charge in [0.1, 0.15) is 5.75 Å². The second-order valence-corrected chi connectivity index (χ2v) is 3.37. The van der Waals surface area contributed by atoms with E-state index in [0.717, 1.165) is 6.07 Å². The Bertz CT molecular complexity index is 413. The highest BCUT2D eigenvalue weighted by Crippen LogP contribution is 2.25. The summed E-state index contributed by atoms with van der Waals surface area (Å²) in [5, 5.41) is -0.00593. The maximum absolute atomic E-state index is 12.0. The standard InChI is InChI=1S/C8H7BrF3NO2/c1-4-2-6(15-8(10,11)12)5(3-9)7(14)13-4/h2H,3H2,1H3,(H,13,14). The largest absolute Gasteiger partial charge is 0.573 e. The number of H-pyrrole nitrogens is 1. The van der Waals surface area contributed by atoms with Crippen molar-refractivity contribution in [1.29, 1.82) is 0 Å². The molecule has 0 amide bonds. The third-order valence-corrected chi connectivity index (χ3v) is 2.15. The second-order valence-electron chi connectivity index (χ2n) is 2.81. The number of hydrogen-bond acceptors (Lipinski definition) is 2. The average Bonchev–Trinajstić information content (AvgIpc) is 1.99. The molecule has 0 aliphatic rings. The Balaban J connectivity index is 3.21. The van der Waals surface area contributed by atoms with E-state index >= 15 is 0 Å². The van der Waals surface area contributed by atoms with Gasteiger partial charge in [-0.2, -0.15) is 0 Å². The highest BCUT2D eigenvalue weighted by molar-refractivity contribution is 9.08. The molecule has 0 saturated heterocycles. The molecule has 84 valence electrons.